The summed E-state index contributed by atoms with van der Waals surface area (Å²) in [6.07, 6.45) is 1.31. The van der Waals surface area contributed by atoms with Gasteiger partial charge in [-0.1, -0.05) is 12.1 Å². The van der Waals surface area contributed by atoms with Crippen molar-refractivity contribution in [1.82, 2.24) is 4.31 Å². The summed E-state index contributed by atoms with van der Waals surface area (Å²) in [6, 6.07) is 6.58. The van der Waals surface area contributed by atoms with E-state index in [1.165, 1.54) is 10.4 Å². The molecule has 2 N–H and O–H groups in total. The summed E-state index contributed by atoms with van der Waals surface area (Å²) in [6.45, 7) is 2.34. The predicted octanol–water partition coefficient (Wildman–Crippen LogP) is 1.02. The van der Waals surface area contributed by atoms with Crippen molar-refractivity contribution in [1.29, 1.82) is 0 Å². The zero-order valence-electron chi connectivity index (χ0n) is 12.0. The standard InChI is InChI=1S/C14H22FN3O2S/c15-13-5-1-2-6-14(13)17-8-10-18(11-9-17)21(19,20)12-4-3-7-16/h1-2,5-6H,3-4,7-12,16H2. The third-order valence-electron chi connectivity index (χ3n) is 3.68. The first-order valence-corrected chi connectivity index (χ1v) is 8.83. The van der Waals surface area contributed by atoms with Gasteiger partial charge in [-0.2, -0.15) is 4.31 Å². The fourth-order valence-corrected chi connectivity index (χ4v) is 4.02. The second-order valence-electron chi connectivity index (χ2n) is 5.15. The number of nitrogens with two attached hydrogens (primary N) is 1. The molecule has 0 radical (unpaired) electrons. The fraction of sp³-hybridized carbons (Fsp3) is 0.571. The lowest BCUT2D eigenvalue weighted by atomic mass is 10.2. The molecule has 0 aromatic heterocycles. The number of unbranched alkanes of at least 4 members (excludes halogenated alkanes) is 1. The van der Waals surface area contributed by atoms with Crippen molar-refractivity contribution in [2.75, 3.05) is 43.4 Å². The third-order valence-corrected chi connectivity index (χ3v) is 5.64. The number of rotatable bonds is 6. The minimum absolute atomic E-state index is 0.143. The van der Waals surface area contributed by atoms with Crippen LogP contribution in [0.3, 0.4) is 0 Å². The lowest BCUT2D eigenvalue weighted by Gasteiger charge is -2.35. The third kappa shape index (κ3) is 4.15. The molecule has 0 amide bonds. The molecule has 0 bridgehead atoms. The highest BCUT2D eigenvalue weighted by Crippen LogP contribution is 2.21. The van der Waals surface area contributed by atoms with Crippen LogP contribution >= 0.6 is 0 Å². The first-order chi connectivity index (χ1) is 10.0. The van der Waals surface area contributed by atoms with Crippen molar-refractivity contribution in [3.63, 3.8) is 0 Å². The number of hydrogen-bond acceptors (Lipinski definition) is 4. The van der Waals surface area contributed by atoms with Crippen molar-refractivity contribution in [3.8, 4) is 0 Å². The molecule has 5 nitrogen and oxygen atoms in total. The molecule has 1 aromatic rings. The molecule has 1 heterocycles. The van der Waals surface area contributed by atoms with Crippen LogP contribution in [0, 0.1) is 5.82 Å². The highest BCUT2D eigenvalue weighted by molar-refractivity contribution is 7.89. The zero-order valence-corrected chi connectivity index (χ0v) is 12.9. The molecule has 2 rings (SSSR count). The quantitative estimate of drug-likeness (QED) is 0.796. The number of halogens is 1. The summed E-state index contributed by atoms with van der Waals surface area (Å²) in [5, 5.41) is 0. The van der Waals surface area contributed by atoms with Gasteiger partial charge in [-0.25, -0.2) is 12.8 Å². The van der Waals surface area contributed by atoms with Gasteiger partial charge >= 0.3 is 0 Å². The Balaban J connectivity index is 1.93. The van der Waals surface area contributed by atoms with E-state index >= 15 is 0 Å². The second-order valence-corrected chi connectivity index (χ2v) is 7.24. The van der Waals surface area contributed by atoms with E-state index in [9.17, 15) is 12.8 Å². The van der Waals surface area contributed by atoms with E-state index in [1.54, 1.807) is 18.2 Å². The number of anilines is 1. The number of para-hydroxylation sites is 1. The summed E-state index contributed by atoms with van der Waals surface area (Å²) in [5.74, 6) is -0.124. The number of hydrogen-bond donors (Lipinski definition) is 1. The van der Waals surface area contributed by atoms with Crippen molar-refractivity contribution >= 4 is 15.7 Å². The van der Waals surface area contributed by atoms with E-state index in [1.807, 2.05) is 4.90 Å². The maximum Gasteiger partial charge on any atom is 0.214 e. The number of piperazine rings is 1. The molecule has 21 heavy (non-hydrogen) atoms. The van der Waals surface area contributed by atoms with E-state index in [0.29, 0.717) is 51.3 Å². The van der Waals surface area contributed by atoms with E-state index in [2.05, 4.69) is 0 Å². The Morgan fingerprint density at radius 1 is 1.10 bits per heavy atom. The highest BCUT2D eigenvalue weighted by atomic mass is 32.2. The van der Waals surface area contributed by atoms with Crippen LogP contribution in [0.25, 0.3) is 0 Å². The molecule has 0 saturated carbocycles. The normalized spacial score (nSPS) is 17.1. The summed E-state index contributed by atoms with van der Waals surface area (Å²) < 4.78 is 39.6. The Morgan fingerprint density at radius 3 is 2.38 bits per heavy atom. The smallest absolute Gasteiger partial charge is 0.214 e. The van der Waals surface area contributed by atoms with Crippen molar-refractivity contribution < 1.29 is 12.8 Å². The van der Waals surface area contributed by atoms with Crippen LogP contribution < -0.4 is 10.6 Å². The lowest BCUT2D eigenvalue weighted by Crippen LogP contribution is -2.49. The number of sulfonamides is 1. The van der Waals surface area contributed by atoms with E-state index in [-0.39, 0.29) is 11.6 Å². The van der Waals surface area contributed by atoms with Crippen LogP contribution in [-0.4, -0.2) is 51.2 Å². The molecular weight excluding hydrogens is 293 g/mol. The zero-order chi connectivity index (χ0) is 15.3. The largest absolute Gasteiger partial charge is 0.367 e. The van der Waals surface area contributed by atoms with Gasteiger partial charge in [-0.15, -0.1) is 0 Å². The molecule has 118 valence electrons. The Bertz CT molecular complexity index is 557. The fourth-order valence-electron chi connectivity index (χ4n) is 2.47. The van der Waals surface area contributed by atoms with Gasteiger partial charge < -0.3 is 10.6 Å². The second kappa shape index (κ2) is 7.20. The van der Waals surface area contributed by atoms with Gasteiger partial charge in [0.15, 0.2) is 0 Å². The minimum Gasteiger partial charge on any atom is -0.367 e. The Hall–Kier alpha value is -1.18. The molecule has 0 spiro atoms. The summed E-state index contributed by atoms with van der Waals surface area (Å²) >= 11 is 0. The van der Waals surface area contributed by atoms with Crippen molar-refractivity contribution in [3.05, 3.63) is 30.1 Å². The van der Waals surface area contributed by atoms with Gasteiger partial charge in [-0.3, -0.25) is 0 Å². The topological polar surface area (TPSA) is 66.6 Å². The summed E-state index contributed by atoms with van der Waals surface area (Å²) in [4.78, 5) is 1.89. The molecule has 1 aliphatic rings. The van der Waals surface area contributed by atoms with Gasteiger partial charge in [0, 0.05) is 26.2 Å². The molecule has 0 unspecified atom stereocenters. The van der Waals surface area contributed by atoms with E-state index in [4.69, 9.17) is 5.73 Å². The molecular formula is C14H22FN3O2S. The maximum atomic E-state index is 13.7. The van der Waals surface area contributed by atoms with Crippen LogP contribution in [0.15, 0.2) is 24.3 Å². The SMILES string of the molecule is NCCCCS(=O)(=O)N1CCN(c2ccccc2F)CC1. The minimum atomic E-state index is -3.21. The van der Waals surface area contributed by atoms with Crippen LogP contribution in [-0.2, 0) is 10.0 Å². The van der Waals surface area contributed by atoms with Crippen molar-refractivity contribution in [2.24, 2.45) is 5.73 Å². The van der Waals surface area contributed by atoms with Crippen LogP contribution in [0.2, 0.25) is 0 Å². The van der Waals surface area contributed by atoms with Crippen LogP contribution in [0.4, 0.5) is 10.1 Å². The number of benzene rings is 1. The Labute approximate surface area is 125 Å². The number of nitrogens with zero attached hydrogens (tertiary/aromatic N) is 2. The molecule has 0 atom stereocenters. The summed E-state index contributed by atoms with van der Waals surface area (Å²) in [5.41, 5.74) is 5.92. The maximum absolute atomic E-state index is 13.7. The lowest BCUT2D eigenvalue weighted by molar-refractivity contribution is 0.382. The molecule has 0 aliphatic carbocycles. The monoisotopic (exact) mass is 315 g/mol. The Kier molecular flexibility index (Phi) is 5.55. The van der Waals surface area contributed by atoms with Crippen LogP contribution in [0.5, 0.6) is 0 Å². The molecule has 7 heteroatoms. The van der Waals surface area contributed by atoms with Gasteiger partial charge in [0.2, 0.25) is 10.0 Å². The van der Waals surface area contributed by atoms with Gasteiger partial charge in [0.25, 0.3) is 0 Å². The predicted molar refractivity (Wildman–Crippen MR) is 82.3 cm³/mol. The molecule has 1 aromatic carbocycles. The molecule has 1 aliphatic heterocycles. The van der Waals surface area contributed by atoms with Crippen LogP contribution in [0.1, 0.15) is 12.8 Å². The summed E-state index contributed by atoms with van der Waals surface area (Å²) in [7, 11) is -3.21. The Morgan fingerprint density at radius 2 is 1.76 bits per heavy atom. The molecule has 1 saturated heterocycles. The van der Waals surface area contributed by atoms with Gasteiger partial charge in [-0.05, 0) is 31.5 Å². The average Bonchev–Trinajstić information content (AvgIpc) is 2.48. The van der Waals surface area contributed by atoms with Gasteiger partial charge in [0.05, 0.1) is 11.4 Å². The first-order valence-electron chi connectivity index (χ1n) is 7.22. The highest BCUT2D eigenvalue weighted by Gasteiger charge is 2.27. The first kappa shape index (κ1) is 16.2. The van der Waals surface area contributed by atoms with Gasteiger partial charge in [0.1, 0.15) is 5.82 Å². The van der Waals surface area contributed by atoms with Crippen molar-refractivity contribution in [2.45, 2.75) is 12.8 Å². The van der Waals surface area contributed by atoms with E-state index < -0.39 is 10.0 Å². The molecule has 1 fully saturated rings. The van der Waals surface area contributed by atoms with E-state index in [0.717, 1.165) is 0 Å². The average molecular weight is 315 g/mol.